The Bertz CT molecular complexity index is 869. The fraction of sp³-hybridized carbons (Fsp3) is 0.105. The largest absolute Gasteiger partial charge is 0.497 e. The topological polar surface area (TPSA) is 63.7 Å². The van der Waals surface area contributed by atoms with E-state index in [4.69, 9.17) is 4.74 Å². The molecule has 126 valence electrons. The van der Waals surface area contributed by atoms with Gasteiger partial charge in [-0.2, -0.15) is 0 Å². The van der Waals surface area contributed by atoms with Crippen LogP contribution in [-0.2, 0) is 4.79 Å². The van der Waals surface area contributed by atoms with E-state index in [2.05, 4.69) is 0 Å². The highest BCUT2D eigenvalue weighted by atomic mass is 32.2. The van der Waals surface area contributed by atoms with E-state index in [1.54, 1.807) is 61.7 Å². The molecule has 3 rings (SSSR count). The van der Waals surface area contributed by atoms with Crippen LogP contribution in [-0.4, -0.2) is 29.1 Å². The van der Waals surface area contributed by atoms with Crippen LogP contribution in [0.3, 0.4) is 0 Å². The molecular weight excluding hydrogens is 338 g/mol. The van der Waals surface area contributed by atoms with Crippen molar-refractivity contribution in [1.29, 1.82) is 0 Å². The van der Waals surface area contributed by atoms with Gasteiger partial charge in [-0.15, -0.1) is 0 Å². The normalized spacial score (nSPS) is 15.8. The number of hydrogen-bond acceptors (Lipinski definition) is 5. The number of rotatable bonds is 3. The summed E-state index contributed by atoms with van der Waals surface area (Å²) in [5, 5.41) is -0.588. The molecule has 1 fully saturated rings. The van der Waals surface area contributed by atoms with Crippen LogP contribution in [0.5, 0.6) is 5.75 Å². The van der Waals surface area contributed by atoms with Crippen molar-refractivity contribution < 1.29 is 19.1 Å². The third-order valence-electron chi connectivity index (χ3n) is 3.71. The summed E-state index contributed by atoms with van der Waals surface area (Å²) in [6.45, 7) is 1.89. The maximum absolute atomic E-state index is 12.5. The number of benzene rings is 2. The van der Waals surface area contributed by atoms with Gasteiger partial charge in [0.25, 0.3) is 11.8 Å². The SMILES string of the molecule is COc1ccc(/C=C2/SC(=O)N(C(=O)c3ccc(C)cc3)C2=O)cc1. The van der Waals surface area contributed by atoms with Crippen LogP contribution >= 0.6 is 11.8 Å². The number of amides is 3. The Kier molecular flexibility index (Phi) is 4.72. The van der Waals surface area contributed by atoms with Gasteiger partial charge in [-0.05, 0) is 54.6 Å². The van der Waals surface area contributed by atoms with E-state index < -0.39 is 17.1 Å². The zero-order chi connectivity index (χ0) is 18.0. The van der Waals surface area contributed by atoms with Crippen LogP contribution in [0.25, 0.3) is 6.08 Å². The Labute approximate surface area is 149 Å². The Morgan fingerprint density at radius 3 is 2.28 bits per heavy atom. The average molecular weight is 353 g/mol. The quantitative estimate of drug-likeness (QED) is 0.619. The lowest BCUT2D eigenvalue weighted by atomic mass is 10.1. The summed E-state index contributed by atoms with van der Waals surface area (Å²) in [4.78, 5) is 38.0. The molecule has 0 spiro atoms. The fourth-order valence-corrected chi connectivity index (χ4v) is 3.14. The third kappa shape index (κ3) is 3.49. The van der Waals surface area contributed by atoms with Gasteiger partial charge < -0.3 is 4.74 Å². The van der Waals surface area contributed by atoms with Crippen molar-refractivity contribution >= 4 is 34.9 Å². The summed E-state index contributed by atoms with van der Waals surface area (Å²) in [5.74, 6) is -0.517. The minimum absolute atomic E-state index is 0.218. The van der Waals surface area contributed by atoms with Gasteiger partial charge in [0.15, 0.2) is 0 Å². The zero-order valence-corrected chi connectivity index (χ0v) is 14.5. The maximum Gasteiger partial charge on any atom is 0.300 e. The summed E-state index contributed by atoms with van der Waals surface area (Å²) in [6.07, 6.45) is 1.59. The summed E-state index contributed by atoms with van der Waals surface area (Å²) < 4.78 is 5.08. The molecule has 0 unspecified atom stereocenters. The monoisotopic (exact) mass is 353 g/mol. The molecule has 1 aliphatic heterocycles. The molecule has 2 aromatic carbocycles. The van der Waals surface area contributed by atoms with E-state index in [1.165, 1.54) is 0 Å². The molecular formula is C19H15NO4S. The maximum atomic E-state index is 12.5. The summed E-state index contributed by atoms with van der Waals surface area (Å²) in [5.41, 5.74) is 2.04. The second-order valence-corrected chi connectivity index (χ2v) is 6.45. The smallest absolute Gasteiger partial charge is 0.300 e. The molecule has 0 bridgehead atoms. The predicted molar refractivity (Wildman–Crippen MR) is 96.3 cm³/mol. The molecule has 0 saturated carbocycles. The molecule has 1 aliphatic rings. The molecule has 6 heteroatoms. The Balaban J connectivity index is 1.85. The summed E-state index contributed by atoms with van der Waals surface area (Å²) >= 11 is 0.759. The van der Waals surface area contributed by atoms with Crippen molar-refractivity contribution in [3.05, 3.63) is 70.1 Å². The first-order valence-corrected chi connectivity index (χ1v) is 8.34. The molecule has 25 heavy (non-hydrogen) atoms. The van der Waals surface area contributed by atoms with Crippen molar-refractivity contribution in [2.24, 2.45) is 0 Å². The zero-order valence-electron chi connectivity index (χ0n) is 13.7. The van der Waals surface area contributed by atoms with E-state index in [-0.39, 0.29) is 4.91 Å². The summed E-state index contributed by atoms with van der Waals surface area (Å²) in [7, 11) is 1.57. The summed E-state index contributed by atoms with van der Waals surface area (Å²) in [6, 6.07) is 13.8. The lowest BCUT2D eigenvalue weighted by Crippen LogP contribution is -2.34. The first kappa shape index (κ1) is 17.0. The highest BCUT2D eigenvalue weighted by Gasteiger charge is 2.40. The van der Waals surface area contributed by atoms with Gasteiger partial charge in [0.05, 0.1) is 12.0 Å². The molecule has 0 aliphatic carbocycles. The van der Waals surface area contributed by atoms with Crippen LogP contribution in [0, 0.1) is 6.92 Å². The van der Waals surface area contributed by atoms with Crippen molar-refractivity contribution in [2.45, 2.75) is 6.92 Å². The first-order valence-electron chi connectivity index (χ1n) is 7.52. The van der Waals surface area contributed by atoms with Crippen LogP contribution in [0.1, 0.15) is 21.5 Å². The number of carbonyl (C=O) groups excluding carboxylic acids is 3. The standard InChI is InChI=1S/C19H15NO4S/c1-12-3-7-14(8-4-12)17(21)20-18(22)16(25-19(20)23)11-13-5-9-15(24-2)10-6-13/h3-11H,1-2H3/b16-11+. The second kappa shape index (κ2) is 6.94. The number of methoxy groups -OCH3 is 1. The van der Waals surface area contributed by atoms with Crippen molar-refractivity contribution in [1.82, 2.24) is 4.90 Å². The van der Waals surface area contributed by atoms with Crippen molar-refractivity contribution in [2.75, 3.05) is 7.11 Å². The minimum Gasteiger partial charge on any atom is -0.497 e. The molecule has 2 aromatic rings. The second-order valence-electron chi connectivity index (χ2n) is 5.46. The van der Waals surface area contributed by atoms with E-state index in [9.17, 15) is 14.4 Å². The lowest BCUT2D eigenvalue weighted by molar-refractivity contribution is -0.120. The van der Waals surface area contributed by atoms with Gasteiger partial charge in [-0.3, -0.25) is 14.4 Å². The number of carbonyl (C=O) groups is 3. The van der Waals surface area contributed by atoms with Gasteiger partial charge in [-0.1, -0.05) is 29.8 Å². The number of aryl methyl sites for hydroxylation is 1. The van der Waals surface area contributed by atoms with E-state index in [0.717, 1.165) is 22.9 Å². The van der Waals surface area contributed by atoms with Crippen molar-refractivity contribution in [3.63, 3.8) is 0 Å². The Hall–Kier alpha value is -2.86. The number of hydrogen-bond donors (Lipinski definition) is 0. The fourth-order valence-electron chi connectivity index (χ4n) is 2.32. The molecule has 5 nitrogen and oxygen atoms in total. The Morgan fingerprint density at radius 1 is 1.04 bits per heavy atom. The van der Waals surface area contributed by atoms with Gasteiger partial charge >= 0.3 is 5.24 Å². The first-order chi connectivity index (χ1) is 12.0. The van der Waals surface area contributed by atoms with Gasteiger partial charge in [0.1, 0.15) is 5.75 Å². The third-order valence-corrected chi connectivity index (χ3v) is 4.58. The highest BCUT2D eigenvalue weighted by molar-refractivity contribution is 8.18. The van der Waals surface area contributed by atoms with Crippen molar-refractivity contribution in [3.8, 4) is 5.75 Å². The molecule has 0 radical (unpaired) electrons. The van der Waals surface area contributed by atoms with Gasteiger partial charge in [-0.25, -0.2) is 4.90 Å². The van der Waals surface area contributed by atoms with Crippen LogP contribution in [0.4, 0.5) is 4.79 Å². The van der Waals surface area contributed by atoms with Crippen LogP contribution in [0.2, 0.25) is 0 Å². The molecule has 0 atom stereocenters. The minimum atomic E-state index is -0.611. The Morgan fingerprint density at radius 2 is 1.68 bits per heavy atom. The molecule has 1 heterocycles. The van der Waals surface area contributed by atoms with E-state index in [1.807, 2.05) is 6.92 Å². The molecule has 0 aromatic heterocycles. The van der Waals surface area contributed by atoms with E-state index in [0.29, 0.717) is 16.2 Å². The number of ether oxygens (including phenoxy) is 1. The number of imide groups is 3. The molecule has 1 saturated heterocycles. The van der Waals surface area contributed by atoms with Crippen LogP contribution in [0.15, 0.2) is 53.4 Å². The van der Waals surface area contributed by atoms with Gasteiger partial charge in [0, 0.05) is 5.56 Å². The molecule has 3 amide bonds. The van der Waals surface area contributed by atoms with E-state index >= 15 is 0 Å². The molecule has 0 N–H and O–H groups in total. The van der Waals surface area contributed by atoms with Gasteiger partial charge in [0.2, 0.25) is 0 Å². The highest BCUT2D eigenvalue weighted by Crippen LogP contribution is 2.33. The van der Waals surface area contributed by atoms with Crippen LogP contribution < -0.4 is 4.74 Å². The lowest BCUT2D eigenvalue weighted by Gasteiger charge is -2.10. The predicted octanol–water partition coefficient (Wildman–Crippen LogP) is 3.88. The average Bonchev–Trinajstić information content (AvgIpc) is 2.89. The number of nitrogens with zero attached hydrogens (tertiary/aromatic N) is 1. The number of thioether (sulfide) groups is 1.